The van der Waals surface area contributed by atoms with Crippen LogP contribution in [0, 0.1) is 5.92 Å². The zero-order chi connectivity index (χ0) is 14.1. The van der Waals surface area contributed by atoms with E-state index in [0.717, 1.165) is 12.3 Å². The molecule has 1 aliphatic carbocycles. The van der Waals surface area contributed by atoms with E-state index >= 15 is 0 Å². The van der Waals surface area contributed by atoms with Gasteiger partial charge in [-0.3, -0.25) is 4.79 Å². The Balaban J connectivity index is 1.98. The Morgan fingerprint density at radius 1 is 1.26 bits per heavy atom. The number of rotatable bonds is 8. The predicted molar refractivity (Wildman–Crippen MR) is 74.1 cm³/mol. The number of hydrogen-bond donors (Lipinski definition) is 2. The summed E-state index contributed by atoms with van der Waals surface area (Å²) in [4.78, 5) is 23.4. The van der Waals surface area contributed by atoms with Gasteiger partial charge in [-0.15, -0.1) is 0 Å². The van der Waals surface area contributed by atoms with Gasteiger partial charge in [0.05, 0.1) is 6.42 Å². The first-order chi connectivity index (χ1) is 9.09. The molecular weight excluding hydrogens is 244 g/mol. The summed E-state index contributed by atoms with van der Waals surface area (Å²) in [6.45, 7) is 0.937. The number of carbonyl (C=O) groups excluding carboxylic acids is 1. The molecule has 0 spiro atoms. The number of amides is 2. The second-order valence-corrected chi connectivity index (χ2v) is 5.44. The van der Waals surface area contributed by atoms with Gasteiger partial charge in [-0.25, -0.2) is 4.79 Å². The molecule has 110 valence electrons. The number of hydrogen-bond acceptors (Lipinski definition) is 2. The van der Waals surface area contributed by atoms with E-state index in [2.05, 4.69) is 5.32 Å². The average Bonchev–Trinajstić information content (AvgIpc) is 2.88. The van der Waals surface area contributed by atoms with Gasteiger partial charge in [0.2, 0.25) is 0 Å². The normalized spacial score (nSPS) is 15.4. The van der Waals surface area contributed by atoms with Gasteiger partial charge in [0.25, 0.3) is 0 Å². The SMILES string of the molecule is CN(CCC(=O)O)C(=O)NCCCCC1CCCC1. The highest BCUT2D eigenvalue weighted by Crippen LogP contribution is 2.28. The Morgan fingerprint density at radius 2 is 1.95 bits per heavy atom. The number of aliphatic carboxylic acids is 1. The van der Waals surface area contributed by atoms with Crippen LogP contribution in [-0.2, 0) is 4.79 Å². The van der Waals surface area contributed by atoms with Crippen molar-refractivity contribution in [2.75, 3.05) is 20.1 Å². The van der Waals surface area contributed by atoms with Gasteiger partial charge in [-0.1, -0.05) is 38.5 Å². The minimum atomic E-state index is -0.879. The topological polar surface area (TPSA) is 69.6 Å². The predicted octanol–water partition coefficient (Wildman–Crippen LogP) is 2.46. The number of carbonyl (C=O) groups is 2. The molecule has 1 aliphatic rings. The lowest BCUT2D eigenvalue weighted by atomic mass is 10.0. The lowest BCUT2D eigenvalue weighted by Gasteiger charge is -2.17. The van der Waals surface area contributed by atoms with Gasteiger partial charge in [-0.2, -0.15) is 0 Å². The van der Waals surface area contributed by atoms with E-state index in [1.807, 2.05) is 0 Å². The van der Waals surface area contributed by atoms with E-state index < -0.39 is 5.97 Å². The summed E-state index contributed by atoms with van der Waals surface area (Å²) in [5, 5.41) is 11.4. The van der Waals surface area contributed by atoms with Crippen LogP contribution < -0.4 is 5.32 Å². The molecule has 1 rings (SSSR count). The number of carboxylic acids is 1. The summed E-state index contributed by atoms with van der Waals surface area (Å²) in [6.07, 6.45) is 8.98. The van der Waals surface area contributed by atoms with Crippen molar-refractivity contribution in [2.24, 2.45) is 5.92 Å². The maximum atomic E-state index is 11.6. The summed E-state index contributed by atoms with van der Waals surface area (Å²) < 4.78 is 0. The maximum absolute atomic E-state index is 11.6. The van der Waals surface area contributed by atoms with E-state index in [1.165, 1.54) is 43.4 Å². The van der Waals surface area contributed by atoms with Crippen LogP contribution in [-0.4, -0.2) is 42.1 Å². The van der Waals surface area contributed by atoms with Gasteiger partial charge in [0, 0.05) is 20.1 Å². The van der Waals surface area contributed by atoms with Crippen LogP contribution in [0.5, 0.6) is 0 Å². The average molecular weight is 270 g/mol. The molecule has 0 aliphatic heterocycles. The molecule has 0 bridgehead atoms. The first kappa shape index (κ1) is 15.8. The van der Waals surface area contributed by atoms with Gasteiger partial charge in [0.15, 0.2) is 0 Å². The molecule has 0 atom stereocenters. The van der Waals surface area contributed by atoms with Crippen LogP contribution in [0.15, 0.2) is 0 Å². The van der Waals surface area contributed by atoms with Crippen molar-refractivity contribution in [1.29, 1.82) is 0 Å². The van der Waals surface area contributed by atoms with E-state index in [1.54, 1.807) is 7.05 Å². The Labute approximate surface area is 115 Å². The summed E-state index contributed by atoms with van der Waals surface area (Å²) in [5.41, 5.74) is 0. The van der Waals surface area contributed by atoms with Gasteiger partial charge >= 0.3 is 12.0 Å². The lowest BCUT2D eigenvalue weighted by molar-refractivity contribution is -0.137. The van der Waals surface area contributed by atoms with Crippen LogP contribution in [0.4, 0.5) is 4.79 Å². The summed E-state index contributed by atoms with van der Waals surface area (Å²) in [5.74, 6) is 0.0326. The Bertz CT molecular complexity index is 288. The molecule has 0 unspecified atom stereocenters. The number of nitrogens with zero attached hydrogens (tertiary/aromatic N) is 1. The largest absolute Gasteiger partial charge is 0.481 e. The highest BCUT2D eigenvalue weighted by molar-refractivity contribution is 5.74. The number of nitrogens with one attached hydrogen (secondary N) is 1. The van der Waals surface area contributed by atoms with E-state index in [0.29, 0.717) is 6.54 Å². The second-order valence-electron chi connectivity index (χ2n) is 5.44. The molecule has 5 heteroatoms. The van der Waals surface area contributed by atoms with Crippen molar-refractivity contribution in [3.8, 4) is 0 Å². The van der Waals surface area contributed by atoms with Crippen molar-refractivity contribution in [1.82, 2.24) is 10.2 Å². The fraction of sp³-hybridized carbons (Fsp3) is 0.857. The monoisotopic (exact) mass is 270 g/mol. The number of carboxylic acid groups (broad SMARTS) is 1. The third-order valence-electron chi connectivity index (χ3n) is 3.80. The Hall–Kier alpha value is -1.26. The fourth-order valence-electron chi connectivity index (χ4n) is 2.55. The molecule has 0 heterocycles. The summed E-state index contributed by atoms with van der Waals surface area (Å²) >= 11 is 0. The van der Waals surface area contributed by atoms with Crippen LogP contribution in [0.3, 0.4) is 0 Å². The summed E-state index contributed by atoms with van der Waals surface area (Å²) in [7, 11) is 1.62. The molecule has 0 aromatic heterocycles. The molecule has 0 saturated heterocycles. The van der Waals surface area contributed by atoms with Crippen molar-refractivity contribution < 1.29 is 14.7 Å². The third-order valence-corrected chi connectivity index (χ3v) is 3.80. The van der Waals surface area contributed by atoms with Gasteiger partial charge in [0.1, 0.15) is 0 Å². The van der Waals surface area contributed by atoms with Crippen molar-refractivity contribution >= 4 is 12.0 Å². The molecule has 2 N–H and O–H groups in total. The molecule has 2 amide bonds. The second kappa shape index (κ2) is 8.77. The molecule has 0 aromatic rings. The van der Waals surface area contributed by atoms with E-state index in [4.69, 9.17) is 5.11 Å². The van der Waals surface area contributed by atoms with Crippen LogP contribution in [0.1, 0.15) is 51.4 Å². The van der Waals surface area contributed by atoms with Crippen LogP contribution >= 0.6 is 0 Å². The minimum absolute atomic E-state index is 0.00833. The standard InChI is InChI=1S/C14H26N2O3/c1-16(11-9-13(17)18)14(19)15-10-5-4-8-12-6-2-3-7-12/h12H,2-11H2,1H3,(H,15,19)(H,17,18). The Morgan fingerprint density at radius 3 is 2.58 bits per heavy atom. The van der Waals surface area contributed by atoms with E-state index in [-0.39, 0.29) is 19.0 Å². The first-order valence-electron chi connectivity index (χ1n) is 7.30. The smallest absolute Gasteiger partial charge is 0.317 e. The van der Waals surface area contributed by atoms with E-state index in [9.17, 15) is 9.59 Å². The molecular formula is C14H26N2O3. The highest BCUT2D eigenvalue weighted by Gasteiger charge is 2.14. The van der Waals surface area contributed by atoms with Crippen molar-refractivity contribution in [3.05, 3.63) is 0 Å². The highest BCUT2D eigenvalue weighted by atomic mass is 16.4. The third kappa shape index (κ3) is 7.03. The molecule has 0 aromatic carbocycles. The first-order valence-corrected chi connectivity index (χ1v) is 7.30. The van der Waals surface area contributed by atoms with Crippen LogP contribution in [0.2, 0.25) is 0 Å². The fourth-order valence-corrected chi connectivity index (χ4v) is 2.55. The van der Waals surface area contributed by atoms with Gasteiger partial charge in [-0.05, 0) is 12.3 Å². The minimum Gasteiger partial charge on any atom is -0.481 e. The molecule has 1 saturated carbocycles. The lowest BCUT2D eigenvalue weighted by Crippen LogP contribution is -2.38. The van der Waals surface area contributed by atoms with Crippen LogP contribution in [0.25, 0.3) is 0 Å². The molecule has 1 fully saturated rings. The Kier molecular flexibility index (Phi) is 7.30. The molecule has 19 heavy (non-hydrogen) atoms. The number of urea groups is 1. The summed E-state index contributed by atoms with van der Waals surface area (Å²) in [6, 6.07) is -0.179. The number of unbranched alkanes of at least 4 members (excludes halogenated alkanes) is 1. The molecule has 5 nitrogen and oxygen atoms in total. The van der Waals surface area contributed by atoms with Crippen molar-refractivity contribution in [3.63, 3.8) is 0 Å². The van der Waals surface area contributed by atoms with Crippen molar-refractivity contribution in [2.45, 2.75) is 51.4 Å². The molecule has 0 radical (unpaired) electrons. The zero-order valence-corrected chi connectivity index (χ0v) is 11.9. The maximum Gasteiger partial charge on any atom is 0.317 e. The van der Waals surface area contributed by atoms with Gasteiger partial charge < -0.3 is 15.3 Å². The quantitative estimate of drug-likeness (QED) is 0.666. The zero-order valence-electron chi connectivity index (χ0n) is 11.9.